The third-order valence-electron chi connectivity index (χ3n) is 2.75. The summed E-state index contributed by atoms with van der Waals surface area (Å²) in [5.41, 5.74) is 7.70. The van der Waals surface area contributed by atoms with Gasteiger partial charge in [-0.05, 0) is 31.4 Å². The van der Waals surface area contributed by atoms with E-state index in [1.54, 1.807) is 13.3 Å². The number of carbonyl (C=O) groups excluding carboxylic acids is 1. The molecule has 1 heterocycles. The summed E-state index contributed by atoms with van der Waals surface area (Å²) in [5, 5.41) is 2.80. The SMILES string of the molecule is COCCCC(N)C(=O)NCc1ncccc1C. The van der Waals surface area contributed by atoms with Crippen molar-refractivity contribution in [3.05, 3.63) is 29.6 Å². The quantitative estimate of drug-likeness (QED) is 0.701. The van der Waals surface area contributed by atoms with Crippen LogP contribution in [0.1, 0.15) is 24.1 Å². The summed E-state index contributed by atoms with van der Waals surface area (Å²) in [6.07, 6.45) is 3.13. The molecule has 1 atom stereocenters. The van der Waals surface area contributed by atoms with Crippen LogP contribution in [-0.2, 0) is 16.1 Å². The Balaban J connectivity index is 2.34. The van der Waals surface area contributed by atoms with E-state index >= 15 is 0 Å². The summed E-state index contributed by atoms with van der Waals surface area (Å²) in [6, 6.07) is 3.36. The van der Waals surface area contributed by atoms with Crippen LogP contribution in [0.5, 0.6) is 0 Å². The van der Waals surface area contributed by atoms with Gasteiger partial charge in [0.2, 0.25) is 5.91 Å². The van der Waals surface area contributed by atoms with Crippen molar-refractivity contribution in [3.8, 4) is 0 Å². The van der Waals surface area contributed by atoms with E-state index in [0.29, 0.717) is 19.6 Å². The summed E-state index contributed by atoms with van der Waals surface area (Å²) < 4.78 is 4.92. The molecule has 0 radical (unpaired) electrons. The van der Waals surface area contributed by atoms with Crippen LogP contribution >= 0.6 is 0 Å². The number of pyridine rings is 1. The molecule has 1 unspecified atom stereocenters. The Morgan fingerprint density at radius 3 is 3.06 bits per heavy atom. The van der Waals surface area contributed by atoms with Gasteiger partial charge in [-0.3, -0.25) is 9.78 Å². The number of amides is 1. The van der Waals surface area contributed by atoms with Gasteiger partial charge >= 0.3 is 0 Å². The Hall–Kier alpha value is -1.46. The Morgan fingerprint density at radius 1 is 1.61 bits per heavy atom. The molecule has 0 aliphatic rings. The summed E-state index contributed by atoms with van der Waals surface area (Å²) >= 11 is 0. The highest BCUT2D eigenvalue weighted by molar-refractivity contribution is 5.81. The minimum absolute atomic E-state index is 0.142. The second-order valence-corrected chi connectivity index (χ2v) is 4.23. The van der Waals surface area contributed by atoms with Crippen LogP contribution in [-0.4, -0.2) is 30.6 Å². The number of methoxy groups -OCH3 is 1. The minimum atomic E-state index is -0.482. The second kappa shape index (κ2) is 7.79. The molecule has 0 saturated carbocycles. The van der Waals surface area contributed by atoms with E-state index in [1.807, 2.05) is 19.1 Å². The van der Waals surface area contributed by atoms with E-state index in [2.05, 4.69) is 10.3 Å². The van der Waals surface area contributed by atoms with Crippen molar-refractivity contribution in [2.24, 2.45) is 5.73 Å². The normalized spacial score (nSPS) is 12.2. The van der Waals surface area contributed by atoms with Gasteiger partial charge in [-0.25, -0.2) is 0 Å². The summed E-state index contributed by atoms with van der Waals surface area (Å²) in [7, 11) is 1.63. The maximum absolute atomic E-state index is 11.7. The fourth-order valence-corrected chi connectivity index (χ4v) is 1.58. The van der Waals surface area contributed by atoms with Crippen LogP contribution in [0.4, 0.5) is 0 Å². The highest BCUT2D eigenvalue weighted by Gasteiger charge is 2.12. The number of rotatable bonds is 7. The first-order valence-corrected chi connectivity index (χ1v) is 6.08. The highest BCUT2D eigenvalue weighted by atomic mass is 16.5. The molecule has 0 aliphatic carbocycles. The van der Waals surface area contributed by atoms with Gasteiger partial charge in [0.05, 0.1) is 18.3 Å². The Morgan fingerprint density at radius 2 is 2.39 bits per heavy atom. The summed E-state index contributed by atoms with van der Waals surface area (Å²) in [5.74, 6) is -0.142. The lowest BCUT2D eigenvalue weighted by Crippen LogP contribution is -2.40. The van der Waals surface area contributed by atoms with Crippen LogP contribution in [0.15, 0.2) is 18.3 Å². The topological polar surface area (TPSA) is 77.2 Å². The number of hydrogen-bond donors (Lipinski definition) is 2. The van der Waals surface area contributed by atoms with E-state index in [-0.39, 0.29) is 5.91 Å². The van der Waals surface area contributed by atoms with Crippen molar-refractivity contribution in [2.75, 3.05) is 13.7 Å². The lowest BCUT2D eigenvalue weighted by molar-refractivity contribution is -0.122. The summed E-state index contributed by atoms with van der Waals surface area (Å²) in [6.45, 7) is 3.01. The zero-order chi connectivity index (χ0) is 13.4. The van der Waals surface area contributed by atoms with Crippen LogP contribution in [0.2, 0.25) is 0 Å². The second-order valence-electron chi connectivity index (χ2n) is 4.23. The summed E-state index contributed by atoms with van der Waals surface area (Å²) in [4.78, 5) is 15.9. The van der Waals surface area contributed by atoms with Crippen molar-refractivity contribution in [3.63, 3.8) is 0 Å². The number of carbonyl (C=O) groups is 1. The standard InChI is InChI=1S/C13H21N3O2/c1-10-5-3-7-15-12(10)9-16-13(17)11(14)6-4-8-18-2/h3,5,7,11H,4,6,8-9,14H2,1-2H3,(H,16,17). The molecule has 1 aromatic rings. The van der Waals surface area contributed by atoms with E-state index in [9.17, 15) is 4.79 Å². The zero-order valence-corrected chi connectivity index (χ0v) is 11.0. The Bertz CT molecular complexity index is 382. The molecule has 5 nitrogen and oxygen atoms in total. The van der Waals surface area contributed by atoms with Gasteiger partial charge in [-0.2, -0.15) is 0 Å². The molecule has 1 amide bonds. The highest BCUT2D eigenvalue weighted by Crippen LogP contribution is 2.02. The van der Waals surface area contributed by atoms with Gasteiger partial charge in [0, 0.05) is 19.9 Å². The van der Waals surface area contributed by atoms with Gasteiger partial charge in [0.25, 0.3) is 0 Å². The Labute approximate surface area is 108 Å². The van der Waals surface area contributed by atoms with E-state index in [4.69, 9.17) is 10.5 Å². The van der Waals surface area contributed by atoms with Crippen LogP contribution < -0.4 is 11.1 Å². The van der Waals surface area contributed by atoms with Crippen molar-refractivity contribution in [1.82, 2.24) is 10.3 Å². The van der Waals surface area contributed by atoms with Crippen molar-refractivity contribution in [2.45, 2.75) is 32.4 Å². The first-order valence-electron chi connectivity index (χ1n) is 6.08. The van der Waals surface area contributed by atoms with Gasteiger partial charge in [-0.15, -0.1) is 0 Å². The molecule has 18 heavy (non-hydrogen) atoms. The smallest absolute Gasteiger partial charge is 0.237 e. The molecule has 100 valence electrons. The molecule has 0 saturated heterocycles. The monoisotopic (exact) mass is 251 g/mol. The lowest BCUT2D eigenvalue weighted by Gasteiger charge is -2.12. The van der Waals surface area contributed by atoms with Crippen molar-refractivity contribution in [1.29, 1.82) is 0 Å². The molecule has 0 fully saturated rings. The first-order chi connectivity index (χ1) is 8.65. The molecule has 0 spiro atoms. The molecule has 1 rings (SSSR count). The number of nitrogens with one attached hydrogen (secondary N) is 1. The zero-order valence-electron chi connectivity index (χ0n) is 11.0. The van der Waals surface area contributed by atoms with Crippen LogP contribution in [0.3, 0.4) is 0 Å². The van der Waals surface area contributed by atoms with Crippen molar-refractivity contribution < 1.29 is 9.53 Å². The maximum atomic E-state index is 11.7. The van der Waals surface area contributed by atoms with Crippen molar-refractivity contribution >= 4 is 5.91 Å². The predicted octanol–water partition coefficient (Wildman–Crippen LogP) is 0.760. The molecule has 0 aliphatic heterocycles. The van der Waals surface area contributed by atoms with Crippen LogP contribution in [0.25, 0.3) is 0 Å². The van der Waals surface area contributed by atoms with Gasteiger partial charge in [0.15, 0.2) is 0 Å². The number of nitrogens with two attached hydrogens (primary N) is 1. The number of nitrogens with zero attached hydrogens (tertiary/aromatic N) is 1. The molecular weight excluding hydrogens is 230 g/mol. The number of hydrogen-bond acceptors (Lipinski definition) is 4. The largest absolute Gasteiger partial charge is 0.385 e. The molecule has 0 bridgehead atoms. The van der Waals surface area contributed by atoms with E-state index in [0.717, 1.165) is 17.7 Å². The predicted molar refractivity (Wildman–Crippen MR) is 69.9 cm³/mol. The van der Waals surface area contributed by atoms with Gasteiger partial charge in [-0.1, -0.05) is 6.07 Å². The average Bonchev–Trinajstić information content (AvgIpc) is 2.37. The van der Waals surface area contributed by atoms with Gasteiger partial charge in [0.1, 0.15) is 0 Å². The third kappa shape index (κ3) is 4.81. The number of ether oxygens (including phenoxy) is 1. The average molecular weight is 251 g/mol. The Kier molecular flexibility index (Phi) is 6.32. The molecule has 3 N–H and O–H groups in total. The first kappa shape index (κ1) is 14.6. The molecule has 0 aromatic carbocycles. The number of aryl methyl sites for hydroxylation is 1. The fourth-order valence-electron chi connectivity index (χ4n) is 1.58. The van der Waals surface area contributed by atoms with Crippen LogP contribution in [0, 0.1) is 6.92 Å². The van der Waals surface area contributed by atoms with E-state index in [1.165, 1.54) is 0 Å². The van der Waals surface area contributed by atoms with Gasteiger partial charge < -0.3 is 15.8 Å². The number of aromatic nitrogens is 1. The maximum Gasteiger partial charge on any atom is 0.237 e. The lowest BCUT2D eigenvalue weighted by atomic mass is 10.1. The third-order valence-corrected chi connectivity index (χ3v) is 2.75. The molecule has 1 aromatic heterocycles. The fraction of sp³-hybridized carbons (Fsp3) is 0.538. The minimum Gasteiger partial charge on any atom is -0.385 e. The van der Waals surface area contributed by atoms with E-state index < -0.39 is 6.04 Å². The molecular formula is C13H21N3O2. The molecule has 5 heteroatoms.